The van der Waals surface area contributed by atoms with Crippen LogP contribution >= 0.6 is 0 Å². The molecule has 0 aromatic heterocycles. The molecule has 0 N–H and O–H groups in total. The third-order valence-corrected chi connectivity index (χ3v) is 3.98. The van der Waals surface area contributed by atoms with Crippen molar-refractivity contribution in [2.75, 3.05) is 31.2 Å². The van der Waals surface area contributed by atoms with Gasteiger partial charge >= 0.3 is 15.5 Å². The average molecular weight is 337 g/mol. The Bertz CT molecular complexity index is 650. The van der Waals surface area contributed by atoms with E-state index in [9.17, 15) is 26.7 Å². The Hall–Kier alpha value is -1.81. The first-order valence-corrected chi connectivity index (χ1v) is 7.66. The van der Waals surface area contributed by atoms with Gasteiger partial charge in [-0.3, -0.25) is 0 Å². The lowest BCUT2D eigenvalue weighted by Crippen LogP contribution is -2.36. The molecule has 1 aromatic rings. The Balaban J connectivity index is 2.19. The highest BCUT2D eigenvalue weighted by molar-refractivity contribution is 7.91. The standard InChI is InChI=1S/C12H13F3N2O4S/c13-12(14,15)22(19,20)16-11(18)9-1-3-10(4-2-9)17-5-7-21-8-6-17/h1-4H,5-8H2,(H,16,18)/p-1. The van der Waals surface area contributed by atoms with E-state index in [0.29, 0.717) is 26.3 Å². The minimum Gasteiger partial charge on any atom is -0.858 e. The van der Waals surface area contributed by atoms with Crippen molar-refractivity contribution in [1.29, 1.82) is 0 Å². The van der Waals surface area contributed by atoms with Crippen molar-refractivity contribution in [1.82, 2.24) is 0 Å². The lowest BCUT2D eigenvalue weighted by molar-refractivity contribution is -0.212. The zero-order valence-corrected chi connectivity index (χ0v) is 12.0. The molecular formula is C12H12F3N2O4S-. The van der Waals surface area contributed by atoms with Crippen molar-refractivity contribution in [2.45, 2.75) is 5.51 Å². The maximum Gasteiger partial charge on any atom is 0.518 e. The molecule has 6 nitrogen and oxygen atoms in total. The number of hydrogen-bond acceptors (Lipinski definition) is 5. The number of anilines is 1. The van der Waals surface area contributed by atoms with Gasteiger partial charge in [-0.15, -0.1) is 0 Å². The van der Waals surface area contributed by atoms with Crippen LogP contribution < -0.4 is 10.0 Å². The van der Waals surface area contributed by atoms with Gasteiger partial charge in [-0.2, -0.15) is 26.0 Å². The van der Waals surface area contributed by atoms with Crippen molar-refractivity contribution in [3.05, 3.63) is 29.8 Å². The zero-order chi connectivity index (χ0) is 16.4. The fourth-order valence-electron chi connectivity index (χ4n) is 1.85. The SMILES string of the molecule is O=S(=O)(/N=C(\[O-])c1ccc(N2CCOCC2)cc1)C(F)(F)F. The summed E-state index contributed by atoms with van der Waals surface area (Å²) >= 11 is 0. The number of benzene rings is 1. The second kappa shape index (κ2) is 6.13. The molecule has 1 aliphatic heterocycles. The minimum atomic E-state index is -5.83. The topological polar surface area (TPSA) is 82.0 Å². The zero-order valence-electron chi connectivity index (χ0n) is 11.2. The van der Waals surface area contributed by atoms with Crippen LogP contribution in [0.3, 0.4) is 0 Å². The predicted molar refractivity (Wildman–Crippen MR) is 71.0 cm³/mol. The quantitative estimate of drug-likeness (QED) is 0.592. The van der Waals surface area contributed by atoms with E-state index in [0.717, 1.165) is 5.69 Å². The normalized spacial score (nSPS) is 17.6. The van der Waals surface area contributed by atoms with E-state index >= 15 is 0 Å². The van der Waals surface area contributed by atoms with E-state index in [1.165, 1.54) is 24.3 Å². The first kappa shape index (κ1) is 16.6. The van der Waals surface area contributed by atoms with Crippen LogP contribution in [0.5, 0.6) is 0 Å². The van der Waals surface area contributed by atoms with Gasteiger partial charge in [0.05, 0.1) is 13.2 Å². The number of rotatable bonds is 3. The molecule has 22 heavy (non-hydrogen) atoms. The van der Waals surface area contributed by atoms with Gasteiger partial charge in [0.2, 0.25) is 0 Å². The Morgan fingerprint density at radius 1 is 1.18 bits per heavy atom. The highest BCUT2D eigenvalue weighted by Crippen LogP contribution is 2.25. The van der Waals surface area contributed by atoms with Crippen LogP contribution in [0, 0.1) is 0 Å². The van der Waals surface area contributed by atoms with Gasteiger partial charge in [-0.1, -0.05) is 12.1 Å². The van der Waals surface area contributed by atoms with E-state index in [4.69, 9.17) is 4.74 Å². The second-order valence-electron chi connectivity index (χ2n) is 4.46. The first-order chi connectivity index (χ1) is 10.2. The fraction of sp³-hybridized carbons (Fsp3) is 0.417. The molecule has 122 valence electrons. The summed E-state index contributed by atoms with van der Waals surface area (Å²) in [6, 6.07) is 5.52. The van der Waals surface area contributed by atoms with E-state index in [-0.39, 0.29) is 5.56 Å². The van der Waals surface area contributed by atoms with Crippen LogP contribution in [0.2, 0.25) is 0 Å². The number of nitrogens with zero attached hydrogens (tertiary/aromatic N) is 2. The lowest BCUT2D eigenvalue weighted by Gasteiger charge is -2.29. The van der Waals surface area contributed by atoms with Crippen LogP contribution in [0.1, 0.15) is 5.56 Å². The van der Waals surface area contributed by atoms with Crippen molar-refractivity contribution < 1.29 is 31.4 Å². The smallest absolute Gasteiger partial charge is 0.518 e. The maximum atomic E-state index is 12.2. The van der Waals surface area contributed by atoms with Crippen LogP contribution in [0.25, 0.3) is 0 Å². The Morgan fingerprint density at radius 2 is 1.73 bits per heavy atom. The molecule has 0 bridgehead atoms. The van der Waals surface area contributed by atoms with Crippen molar-refractivity contribution in [2.24, 2.45) is 4.40 Å². The monoisotopic (exact) mass is 337 g/mol. The molecule has 0 atom stereocenters. The van der Waals surface area contributed by atoms with Crippen molar-refractivity contribution in [3.63, 3.8) is 0 Å². The lowest BCUT2D eigenvalue weighted by atomic mass is 10.2. The molecule has 0 unspecified atom stereocenters. The molecule has 1 heterocycles. The molecule has 1 saturated heterocycles. The third kappa shape index (κ3) is 3.69. The van der Waals surface area contributed by atoms with Gasteiger partial charge in [0.25, 0.3) is 0 Å². The number of alkyl halides is 3. The third-order valence-electron chi connectivity index (χ3n) is 2.99. The van der Waals surface area contributed by atoms with Crippen LogP contribution in [-0.2, 0) is 14.8 Å². The number of morpholine rings is 1. The molecule has 2 rings (SSSR count). The number of sulfonamides is 1. The minimum absolute atomic E-state index is 0.232. The van der Waals surface area contributed by atoms with E-state index < -0.39 is 21.4 Å². The number of halogens is 3. The Morgan fingerprint density at radius 3 is 2.23 bits per heavy atom. The first-order valence-electron chi connectivity index (χ1n) is 6.22. The van der Waals surface area contributed by atoms with Crippen LogP contribution in [-0.4, -0.2) is 46.1 Å². The van der Waals surface area contributed by atoms with Crippen molar-refractivity contribution in [3.8, 4) is 0 Å². The summed E-state index contributed by atoms with van der Waals surface area (Å²) in [6.45, 7) is 2.42. The summed E-state index contributed by atoms with van der Waals surface area (Å²) < 4.78 is 65.6. The molecule has 1 aliphatic rings. The van der Waals surface area contributed by atoms with Gasteiger partial charge in [-0.05, 0) is 17.7 Å². The van der Waals surface area contributed by atoms with Gasteiger partial charge in [0, 0.05) is 24.7 Å². The summed E-state index contributed by atoms with van der Waals surface area (Å²) in [7, 11) is -5.83. The van der Waals surface area contributed by atoms with Gasteiger partial charge in [-0.25, -0.2) is 0 Å². The molecule has 0 amide bonds. The van der Waals surface area contributed by atoms with Gasteiger partial charge in [0.15, 0.2) is 0 Å². The summed E-state index contributed by atoms with van der Waals surface area (Å²) in [6.07, 6.45) is 0. The van der Waals surface area contributed by atoms with E-state index in [2.05, 4.69) is 4.40 Å². The van der Waals surface area contributed by atoms with Crippen molar-refractivity contribution >= 4 is 21.6 Å². The van der Waals surface area contributed by atoms with Crippen LogP contribution in [0.4, 0.5) is 18.9 Å². The Labute approximate surface area is 124 Å². The average Bonchev–Trinajstić information content (AvgIpc) is 2.47. The van der Waals surface area contributed by atoms with Gasteiger partial charge in [0.1, 0.15) is 0 Å². The number of hydrogen-bond donors (Lipinski definition) is 0. The molecule has 0 spiro atoms. The fourth-order valence-corrected chi connectivity index (χ4v) is 2.28. The Kier molecular flexibility index (Phi) is 4.61. The maximum absolute atomic E-state index is 12.2. The molecular weight excluding hydrogens is 325 g/mol. The molecule has 0 radical (unpaired) electrons. The summed E-state index contributed by atoms with van der Waals surface area (Å²) in [5.41, 5.74) is -5.06. The van der Waals surface area contributed by atoms with Crippen LogP contribution in [0.15, 0.2) is 28.7 Å². The summed E-state index contributed by atoms with van der Waals surface area (Å²) in [5, 5.41) is 11.5. The summed E-state index contributed by atoms with van der Waals surface area (Å²) in [5.74, 6) is -1.45. The highest BCUT2D eigenvalue weighted by atomic mass is 32.2. The van der Waals surface area contributed by atoms with E-state index in [1.54, 1.807) is 0 Å². The molecule has 0 saturated carbocycles. The second-order valence-corrected chi connectivity index (χ2v) is 6.06. The molecule has 1 fully saturated rings. The largest absolute Gasteiger partial charge is 0.858 e. The van der Waals surface area contributed by atoms with E-state index in [1.807, 2.05) is 4.90 Å². The molecule has 10 heteroatoms. The summed E-state index contributed by atoms with van der Waals surface area (Å²) in [4.78, 5) is 1.97. The van der Waals surface area contributed by atoms with Gasteiger partial charge < -0.3 is 14.7 Å². The molecule has 0 aliphatic carbocycles. The highest BCUT2D eigenvalue weighted by Gasteiger charge is 2.45. The predicted octanol–water partition coefficient (Wildman–Crippen LogP) is 0.480. The number of ether oxygens (including phenoxy) is 1. The molecule has 1 aromatic carbocycles.